The summed E-state index contributed by atoms with van der Waals surface area (Å²) in [6, 6.07) is 4.64. The molecule has 0 spiro atoms. The lowest BCUT2D eigenvalue weighted by Crippen LogP contribution is -1.94. The third-order valence-electron chi connectivity index (χ3n) is 1.95. The van der Waals surface area contributed by atoms with Crippen LogP contribution in [0, 0.1) is 5.82 Å². The number of rotatable bonds is 1. The molecule has 0 aliphatic carbocycles. The van der Waals surface area contributed by atoms with Crippen molar-refractivity contribution in [2.24, 2.45) is 5.73 Å². The van der Waals surface area contributed by atoms with Crippen molar-refractivity contribution in [1.82, 2.24) is 4.98 Å². The summed E-state index contributed by atoms with van der Waals surface area (Å²) >= 11 is 0. The average molecular weight is 201 g/mol. The molecule has 2 nitrogen and oxygen atoms in total. The van der Waals surface area contributed by atoms with Gasteiger partial charge in [0.1, 0.15) is 5.82 Å². The van der Waals surface area contributed by atoms with Crippen molar-refractivity contribution in [2.75, 3.05) is 0 Å². The second-order valence-electron chi connectivity index (χ2n) is 2.71. The molecule has 13 heavy (non-hydrogen) atoms. The standard InChI is InChI=1S/C9H9FN2.ClH/c10-7-1-2-9-8(3-7)6(4-11)5-12-9;/h1-3,5,12H,4,11H2;1H. The monoisotopic (exact) mass is 200 g/mol. The summed E-state index contributed by atoms with van der Waals surface area (Å²) in [6.07, 6.45) is 1.81. The molecule has 4 heteroatoms. The van der Waals surface area contributed by atoms with Gasteiger partial charge in [0.25, 0.3) is 0 Å². The highest BCUT2D eigenvalue weighted by Crippen LogP contribution is 2.18. The fourth-order valence-corrected chi connectivity index (χ4v) is 1.32. The van der Waals surface area contributed by atoms with Gasteiger partial charge in [0.05, 0.1) is 0 Å². The van der Waals surface area contributed by atoms with E-state index in [-0.39, 0.29) is 18.2 Å². The molecule has 0 saturated heterocycles. The van der Waals surface area contributed by atoms with Crippen LogP contribution < -0.4 is 5.73 Å². The SMILES string of the molecule is Cl.NCc1c[nH]c2ccc(F)cc12. The molecule has 0 amide bonds. The fraction of sp³-hybridized carbons (Fsp3) is 0.111. The van der Waals surface area contributed by atoms with Gasteiger partial charge < -0.3 is 10.7 Å². The maximum atomic E-state index is 12.8. The fourth-order valence-electron chi connectivity index (χ4n) is 1.32. The van der Waals surface area contributed by atoms with Crippen LogP contribution in [0.5, 0.6) is 0 Å². The first-order valence-electron chi connectivity index (χ1n) is 3.77. The lowest BCUT2D eigenvalue weighted by atomic mass is 10.2. The van der Waals surface area contributed by atoms with E-state index in [0.717, 1.165) is 16.5 Å². The highest BCUT2D eigenvalue weighted by Gasteiger charge is 2.01. The quantitative estimate of drug-likeness (QED) is 0.728. The zero-order chi connectivity index (χ0) is 8.55. The lowest BCUT2D eigenvalue weighted by Gasteiger charge is -1.93. The van der Waals surface area contributed by atoms with Gasteiger partial charge in [-0.15, -0.1) is 12.4 Å². The van der Waals surface area contributed by atoms with Gasteiger partial charge >= 0.3 is 0 Å². The number of benzene rings is 1. The van der Waals surface area contributed by atoms with Gasteiger partial charge in [0.15, 0.2) is 0 Å². The van der Waals surface area contributed by atoms with Gasteiger partial charge in [0, 0.05) is 23.6 Å². The third kappa shape index (κ3) is 1.66. The smallest absolute Gasteiger partial charge is 0.123 e. The van der Waals surface area contributed by atoms with Gasteiger partial charge in [-0.05, 0) is 23.8 Å². The predicted octanol–water partition coefficient (Wildman–Crippen LogP) is 2.19. The van der Waals surface area contributed by atoms with Crippen LogP contribution in [0.3, 0.4) is 0 Å². The normalized spacial score (nSPS) is 10.0. The van der Waals surface area contributed by atoms with E-state index in [1.165, 1.54) is 12.1 Å². The Morgan fingerprint density at radius 3 is 2.85 bits per heavy atom. The van der Waals surface area contributed by atoms with Crippen molar-refractivity contribution >= 4 is 23.3 Å². The van der Waals surface area contributed by atoms with Crippen LogP contribution in [0.25, 0.3) is 10.9 Å². The van der Waals surface area contributed by atoms with Crippen molar-refractivity contribution in [2.45, 2.75) is 6.54 Å². The number of aromatic nitrogens is 1. The average Bonchev–Trinajstić information content (AvgIpc) is 2.46. The summed E-state index contributed by atoms with van der Waals surface area (Å²) < 4.78 is 12.8. The Morgan fingerprint density at radius 2 is 2.15 bits per heavy atom. The molecule has 0 aliphatic heterocycles. The molecule has 1 heterocycles. The van der Waals surface area contributed by atoms with Gasteiger partial charge in [-0.2, -0.15) is 0 Å². The summed E-state index contributed by atoms with van der Waals surface area (Å²) in [4.78, 5) is 3.02. The molecule has 0 fully saturated rings. The van der Waals surface area contributed by atoms with Gasteiger partial charge in [0.2, 0.25) is 0 Å². The van der Waals surface area contributed by atoms with Crippen molar-refractivity contribution in [3.63, 3.8) is 0 Å². The van der Waals surface area contributed by atoms with Crippen molar-refractivity contribution in [3.05, 3.63) is 35.8 Å². The number of fused-ring (bicyclic) bond motifs is 1. The molecule has 0 atom stereocenters. The van der Waals surface area contributed by atoms with E-state index in [2.05, 4.69) is 4.98 Å². The highest BCUT2D eigenvalue weighted by molar-refractivity contribution is 5.85. The summed E-state index contributed by atoms with van der Waals surface area (Å²) in [6.45, 7) is 0.434. The first-order chi connectivity index (χ1) is 5.81. The number of aromatic amines is 1. The summed E-state index contributed by atoms with van der Waals surface area (Å²) in [5, 5.41) is 0.873. The van der Waals surface area contributed by atoms with E-state index in [0.29, 0.717) is 6.54 Å². The molecular weight excluding hydrogens is 191 g/mol. The molecule has 0 saturated carbocycles. The first kappa shape index (κ1) is 10.0. The van der Waals surface area contributed by atoms with E-state index in [4.69, 9.17) is 5.73 Å². The Labute approximate surface area is 81.3 Å². The van der Waals surface area contributed by atoms with Crippen LogP contribution in [0.4, 0.5) is 4.39 Å². The van der Waals surface area contributed by atoms with Crippen molar-refractivity contribution in [3.8, 4) is 0 Å². The molecule has 0 aliphatic rings. The van der Waals surface area contributed by atoms with E-state index in [1.54, 1.807) is 6.07 Å². The van der Waals surface area contributed by atoms with Crippen LogP contribution >= 0.6 is 12.4 Å². The predicted molar refractivity (Wildman–Crippen MR) is 53.4 cm³/mol. The van der Waals surface area contributed by atoms with Crippen molar-refractivity contribution in [1.29, 1.82) is 0 Å². The Hall–Kier alpha value is -1.06. The minimum atomic E-state index is -0.225. The maximum Gasteiger partial charge on any atom is 0.123 e. The summed E-state index contributed by atoms with van der Waals surface area (Å²) in [5.41, 5.74) is 7.34. The Morgan fingerprint density at radius 1 is 1.38 bits per heavy atom. The van der Waals surface area contributed by atoms with Crippen LogP contribution in [0.15, 0.2) is 24.4 Å². The Bertz CT molecular complexity index is 411. The van der Waals surface area contributed by atoms with Gasteiger partial charge in [-0.1, -0.05) is 0 Å². The van der Waals surface area contributed by atoms with Crippen molar-refractivity contribution < 1.29 is 4.39 Å². The molecule has 0 unspecified atom stereocenters. The molecule has 0 radical (unpaired) electrons. The van der Waals surface area contributed by atoms with Gasteiger partial charge in [-0.25, -0.2) is 4.39 Å². The van der Waals surface area contributed by atoms with E-state index >= 15 is 0 Å². The minimum Gasteiger partial charge on any atom is -0.361 e. The number of nitrogens with two attached hydrogens (primary N) is 1. The second-order valence-corrected chi connectivity index (χ2v) is 2.71. The molecule has 3 N–H and O–H groups in total. The van der Waals surface area contributed by atoms with Crippen LogP contribution in [-0.4, -0.2) is 4.98 Å². The molecular formula is C9H10ClFN2. The second kappa shape index (κ2) is 3.77. The maximum absolute atomic E-state index is 12.8. The molecule has 0 bridgehead atoms. The molecule has 70 valence electrons. The minimum absolute atomic E-state index is 0. The number of H-pyrrole nitrogens is 1. The zero-order valence-electron chi connectivity index (χ0n) is 6.88. The third-order valence-corrected chi connectivity index (χ3v) is 1.95. The molecule has 2 rings (SSSR count). The zero-order valence-corrected chi connectivity index (χ0v) is 7.70. The van der Waals surface area contributed by atoms with Gasteiger partial charge in [-0.3, -0.25) is 0 Å². The topological polar surface area (TPSA) is 41.8 Å². The van der Waals surface area contributed by atoms with Crippen LogP contribution in [0.1, 0.15) is 5.56 Å². The van der Waals surface area contributed by atoms with E-state index in [1.807, 2.05) is 6.20 Å². The summed E-state index contributed by atoms with van der Waals surface area (Å²) in [5.74, 6) is -0.225. The van der Waals surface area contributed by atoms with E-state index < -0.39 is 0 Å². The number of hydrogen-bond donors (Lipinski definition) is 2. The lowest BCUT2D eigenvalue weighted by molar-refractivity contribution is 0.629. The first-order valence-corrected chi connectivity index (χ1v) is 3.77. The molecule has 2 aromatic rings. The van der Waals surface area contributed by atoms with Crippen LogP contribution in [-0.2, 0) is 6.54 Å². The molecule has 1 aromatic heterocycles. The van der Waals surface area contributed by atoms with E-state index in [9.17, 15) is 4.39 Å². The highest BCUT2D eigenvalue weighted by atomic mass is 35.5. The summed E-state index contributed by atoms with van der Waals surface area (Å²) in [7, 11) is 0. The number of halogens is 2. The molecule has 1 aromatic carbocycles. The largest absolute Gasteiger partial charge is 0.361 e. The Balaban J connectivity index is 0.000000845. The number of hydrogen-bond acceptors (Lipinski definition) is 1. The Kier molecular flexibility index (Phi) is 2.90. The number of nitrogens with one attached hydrogen (secondary N) is 1. The van der Waals surface area contributed by atoms with Crippen LogP contribution in [0.2, 0.25) is 0 Å².